The number of rotatable bonds is 10. The minimum Gasteiger partial charge on any atom is -0.496 e. The summed E-state index contributed by atoms with van der Waals surface area (Å²) in [6.45, 7) is 0.185. The molecule has 0 spiro atoms. The van der Waals surface area contributed by atoms with Gasteiger partial charge in [0.15, 0.2) is 5.41 Å². The topological polar surface area (TPSA) is 88.8 Å². The summed E-state index contributed by atoms with van der Waals surface area (Å²) >= 11 is 0. The molecule has 3 aromatic rings. The largest absolute Gasteiger partial charge is 0.496 e. The Hall–Kier alpha value is -3.40. The van der Waals surface area contributed by atoms with Crippen LogP contribution >= 0.6 is 0 Å². The number of carboxylic acids is 1. The van der Waals surface area contributed by atoms with Crippen LogP contribution in [0.3, 0.4) is 0 Å². The molecule has 0 radical (unpaired) electrons. The molecule has 3 rings (SSSR count). The van der Waals surface area contributed by atoms with Crippen molar-refractivity contribution in [1.29, 1.82) is 5.26 Å². The molecule has 0 bridgehead atoms. The molecule has 0 saturated heterocycles. The average Bonchev–Trinajstić information content (AvgIpc) is 2.81. The highest BCUT2D eigenvalue weighted by Gasteiger charge is 2.50. The zero-order valence-electron chi connectivity index (χ0n) is 17.6. The molecule has 0 aromatic heterocycles. The van der Waals surface area contributed by atoms with Crippen molar-refractivity contribution < 1.29 is 24.1 Å². The fraction of sp³-hybridized carbons (Fsp3) is 0.280. The first-order valence-corrected chi connectivity index (χ1v) is 9.91. The summed E-state index contributed by atoms with van der Waals surface area (Å²) < 4.78 is 16.2. The molecule has 2 atom stereocenters. The molecule has 6 nitrogen and oxygen atoms in total. The first kappa shape index (κ1) is 22.3. The van der Waals surface area contributed by atoms with Crippen molar-refractivity contribution in [3.05, 3.63) is 77.9 Å². The lowest BCUT2D eigenvalue weighted by atomic mass is 9.68. The normalized spacial score (nSPS) is 13.8. The van der Waals surface area contributed by atoms with Crippen LogP contribution in [0.1, 0.15) is 17.0 Å². The summed E-state index contributed by atoms with van der Waals surface area (Å²) in [5.74, 6) is -1.57. The maximum Gasteiger partial charge on any atom is 0.327 e. The predicted molar refractivity (Wildman–Crippen MR) is 117 cm³/mol. The van der Waals surface area contributed by atoms with E-state index in [1.165, 1.54) is 14.2 Å². The van der Waals surface area contributed by atoms with E-state index >= 15 is 0 Å². The molecule has 0 saturated carbocycles. The highest BCUT2D eigenvalue weighted by molar-refractivity contribution is 5.89. The summed E-state index contributed by atoms with van der Waals surface area (Å²) in [5, 5.41) is 22.4. The number of nitriles is 1. The van der Waals surface area contributed by atoms with Crippen molar-refractivity contribution >= 4 is 16.7 Å². The Labute approximate surface area is 181 Å². The van der Waals surface area contributed by atoms with Crippen molar-refractivity contribution in [3.63, 3.8) is 0 Å². The zero-order chi connectivity index (χ0) is 22.3. The second kappa shape index (κ2) is 10.1. The van der Waals surface area contributed by atoms with Crippen molar-refractivity contribution in [2.24, 2.45) is 5.41 Å². The molecular weight excluding hydrogens is 394 g/mol. The van der Waals surface area contributed by atoms with Gasteiger partial charge in [-0.2, -0.15) is 5.26 Å². The maximum absolute atomic E-state index is 12.7. The molecular formula is C25H25NO5. The van der Waals surface area contributed by atoms with Gasteiger partial charge in [0, 0.05) is 18.6 Å². The van der Waals surface area contributed by atoms with Gasteiger partial charge in [-0.05, 0) is 22.4 Å². The van der Waals surface area contributed by atoms with E-state index in [1.54, 1.807) is 12.1 Å². The van der Waals surface area contributed by atoms with E-state index in [4.69, 9.17) is 14.2 Å². The molecule has 0 unspecified atom stereocenters. The van der Waals surface area contributed by atoms with Crippen LogP contribution in [0, 0.1) is 16.7 Å². The Kier molecular flexibility index (Phi) is 7.24. The van der Waals surface area contributed by atoms with E-state index in [0.717, 1.165) is 16.3 Å². The second-order valence-electron chi connectivity index (χ2n) is 7.18. The van der Waals surface area contributed by atoms with Gasteiger partial charge in [0.1, 0.15) is 5.75 Å². The summed E-state index contributed by atoms with van der Waals surface area (Å²) in [4.78, 5) is 12.7. The predicted octanol–water partition coefficient (Wildman–Crippen LogP) is 4.24. The minimum atomic E-state index is -1.88. The van der Waals surface area contributed by atoms with E-state index in [0.29, 0.717) is 17.9 Å². The maximum atomic E-state index is 12.7. The molecule has 3 aromatic carbocycles. The number of methoxy groups -OCH3 is 2. The Morgan fingerprint density at radius 3 is 2.39 bits per heavy atom. The van der Waals surface area contributed by atoms with Crippen LogP contribution in [-0.4, -0.2) is 45.1 Å². The van der Waals surface area contributed by atoms with E-state index in [2.05, 4.69) is 6.07 Å². The number of para-hydroxylation sites is 1. The summed E-state index contributed by atoms with van der Waals surface area (Å²) in [6, 6.07) is 22.7. The third kappa shape index (κ3) is 4.38. The highest BCUT2D eigenvalue weighted by atomic mass is 16.5. The monoisotopic (exact) mass is 419 g/mol. The van der Waals surface area contributed by atoms with Crippen LogP contribution in [0.4, 0.5) is 0 Å². The van der Waals surface area contributed by atoms with Crippen LogP contribution in [-0.2, 0) is 14.3 Å². The first-order valence-electron chi connectivity index (χ1n) is 9.91. The van der Waals surface area contributed by atoms with Crippen molar-refractivity contribution in [3.8, 4) is 11.8 Å². The fourth-order valence-electron chi connectivity index (χ4n) is 3.89. The number of carboxylic acid groups (broad SMARTS) is 1. The fourth-order valence-corrected chi connectivity index (χ4v) is 3.89. The van der Waals surface area contributed by atoms with Gasteiger partial charge >= 0.3 is 5.97 Å². The number of hydrogen-bond acceptors (Lipinski definition) is 5. The third-order valence-electron chi connectivity index (χ3n) is 5.42. The van der Waals surface area contributed by atoms with Gasteiger partial charge in [-0.3, -0.25) is 4.79 Å². The van der Waals surface area contributed by atoms with Crippen LogP contribution < -0.4 is 4.74 Å². The highest BCUT2D eigenvalue weighted by Crippen LogP contribution is 2.47. The standard InChI is InChI=1S/C25H25NO5/c1-29-14-15-31-17-25(16-26,24(27)28)23(21-11-5-6-13-22(21)30-2)20-12-7-9-18-8-3-4-10-19(18)20/h3-13,23H,14-15,17H2,1-2H3,(H,27,28)/t23-,25-/m1/s1. The molecule has 0 heterocycles. The van der Waals surface area contributed by atoms with Crippen LogP contribution in [0.2, 0.25) is 0 Å². The summed E-state index contributed by atoms with van der Waals surface area (Å²) in [5.41, 5.74) is -0.547. The molecule has 0 aliphatic carbocycles. The van der Waals surface area contributed by atoms with E-state index in [-0.39, 0.29) is 13.2 Å². The van der Waals surface area contributed by atoms with Gasteiger partial charge in [-0.25, -0.2) is 0 Å². The lowest BCUT2D eigenvalue weighted by Crippen LogP contribution is -2.41. The third-order valence-corrected chi connectivity index (χ3v) is 5.42. The van der Waals surface area contributed by atoms with Gasteiger partial charge in [0.2, 0.25) is 0 Å². The second-order valence-corrected chi connectivity index (χ2v) is 7.18. The van der Waals surface area contributed by atoms with Gasteiger partial charge in [0.05, 0.1) is 33.0 Å². The molecule has 0 aliphatic rings. The Balaban J connectivity index is 2.28. The molecule has 0 amide bonds. The first-order chi connectivity index (χ1) is 15.1. The Morgan fingerprint density at radius 1 is 1.00 bits per heavy atom. The molecule has 6 heteroatoms. The molecule has 0 fully saturated rings. The van der Waals surface area contributed by atoms with E-state index < -0.39 is 17.3 Å². The van der Waals surface area contributed by atoms with Crippen LogP contribution in [0.5, 0.6) is 5.75 Å². The van der Waals surface area contributed by atoms with Gasteiger partial charge in [-0.15, -0.1) is 0 Å². The summed E-state index contributed by atoms with van der Waals surface area (Å²) in [7, 11) is 3.06. The van der Waals surface area contributed by atoms with Crippen LogP contribution in [0.15, 0.2) is 66.7 Å². The molecule has 160 valence electrons. The number of benzene rings is 3. The average molecular weight is 419 g/mol. The number of ether oxygens (including phenoxy) is 3. The SMILES string of the molecule is COCCOC[C@@](C#N)(C(=O)O)[C@@H](c1ccccc1OC)c1cccc2ccccc12. The number of carbonyl (C=O) groups is 1. The van der Waals surface area contributed by atoms with Gasteiger partial charge in [-0.1, -0.05) is 60.7 Å². The number of fused-ring (bicyclic) bond motifs is 1. The van der Waals surface area contributed by atoms with Crippen molar-refractivity contribution in [1.82, 2.24) is 0 Å². The number of nitrogens with zero attached hydrogens (tertiary/aromatic N) is 1. The minimum absolute atomic E-state index is 0.182. The van der Waals surface area contributed by atoms with Gasteiger partial charge in [0.25, 0.3) is 0 Å². The lowest BCUT2D eigenvalue weighted by molar-refractivity contribution is -0.149. The Bertz CT molecular complexity index is 1090. The Morgan fingerprint density at radius 2 is 1.68 bits per heavy atom. The van der Waals surface area contributed by atoms with Crippen LogP contribution in [0.25, 0.3) is 10.8 Å². The smallest absolute Gasteiger partial charge is 0.327 e. The molecule has 31 heavy (non-hydrogen) atoms. The lowest BCUT2D eigenvalue weighted by Gasteiger charge is -2.33. The quantitative estimate of drug-likeness (QED) is 0.495. The summed E-state index contributed by atoms with van der Waals surface area (Å²) in [6.07, 6.45) is 0. The molecule has 1 N–H and O–H groups in total. The van der Waals surface area contributed by atoms with Crippen molar-refractivity contribution in [2.45, 2.75) is 5.92 Å². The van der Waals surface area contributed by atoms with Gasteiger partial charge < -0.3 is 19.3 Å². The van der Waals surface area contributed by atoms with Crippen molar-refractivity contribution in [2.75, 3.05) is 34.0 Å². The number of aliphatic carboxylic acids is 1. The molecule has 0 aliphatic heterocycles. The zero-order valence-corrected chi connectivity index (χ0v) is 17.6. The van der Waals surface area contributed by atoms with E-state index in [1.807, 2.05) is 54.6 Å². The van der Waals surface area contributed by atoms with E-state index in [9.17, 15) is 15.2 Å². The number of hydrogen-bond donors (Lipinski definition) is 1.